The normalized spacial score (nSPS) is 44.7. The van der Waals surface area contributed by atoms with Crippen LogP contribution in [0.5, 0.6) is 0 Å². The molecule has 2 nitrogen and oxygen atoms in total. The van der Waals surface area contributed by atoms with E-state index in [1.54, 1.807) is 6.92 Å². The van der Waals surface area contributed by atoms with Gasteiger partial charge in [0.2, 0.25) is 0 Å². The van der Waals surface area contributed by atoms with Gasteiger partial charge in [0.25, 0.3) is 0 Å². The topological polar surface area (TPSA) is 26.3 Å². The SMILES string of the molecule is CC[C@H](/C=C/[C@@H](C)[C@H]1CC[C@H]2[C@@H]3CCC4C[C@@H](OC(C)=O)CC[C@]4(C)[C@H]3CC[C@]12C)C(C)C. The molecular formula is C31H52O2. The van der Waals surface area contributed by atoms with Crippen molar-refractivity contribution in [1.82, 2.24) is 0 Å². The number of hydrogen-bond acceptors (Lipinski definition) is 2. The van der Waals surface area contributed by atoms with Crippen molar-refractivity contribution >= 4 is 5.97 Å². The highest BCUT2D eigenvalue weighted by Crippen LogP contribution is 2.68. The van der Waals surface area contributed by atoms with Crippen LogP contribution in [-0.2, 0) is 9.53 Å². The molecule has 4 aliphatic rings. The molecule has 2 heteroatoms. The van der Waals surface area contributed by atoms with Gasteiger partial charge in [-0.2, -0.15) is 0 Å². The van der Waals surface area contributed by atoms with E-state index in [2.05, 4.69) is 53.7 Å². The first kappa shape index (κ1) is 25.3. The van der Waals surface area contributed by atoms with Crippen molar-refractivity contribution in [1.29, 1.82) is 0 Å². The van der Waals surface area contributed by atoms with Crippen LogP contribution >= 0.6 is 0 Å². The third-order valence-corrected chi connectivity index (χ3v) is 11.6. The van der Waals surface area contributed by atoms with E-state index in [4.69, 9.17) is 4.74 Å². The van der Waals surface area contributed by atoms with Crippen molar-refractivity contribution in [2.45, 2.75) is 119 Å². The number of allylic oxidation sites excluding steroid dienone is 2. The highest BCUT2D eigenvalue weighted by molar-refractivity contribution is 5.66. The van der Waals surface area contributed by atoms with Crippen LogP contribution < -0.4 is 0 Å². The minimum atomic E-state index is -0.0930. The number of hydrogen-bond donors (Lipinski definition) is 0. The molecule has 0 N–H and O–H groups in total. The van der Waals surface area contributed by atoms with E-state index in [-0.39, 0.29) is 12.1 Å². The van der Waals surface area contributed by atoms with Crippen molar-refractivity contribution in [3.8, 4) is 0 Å². The lowest BCUT2D eigenvalue weighted by atomic mass is 9.44. The molecule has 0 amide bonds. The van der Waals surface area contributed by atoms with Crippen LogP contribution in [0.15, 0.2) is 12.2 Å². The summed E-state index contributed by atoms with van der Waals surface area (Å²) in [6.45, 7) is 16.5. The quantitative estimate of drug-likeness (QED) is 0.296. The van der Waals surface area contributed by atoms with Gasteiger partial charge in [-0.25, -0.2) is 0 Å². The number of fused-ring (bicyclic) bond motifs is 5. The number of ether oxygens (including phenoxy) is 1. The molecule has 4 fully saturated rings. The summed E-state index contributed by atoms with van der Waals surface area (Å²) in [7, 11) is 0. The molecule has 0 radical (unpaired) electrons. The third-order valence-electron chi connectivity index (χ3n) is 11.6. The third kappa shape index (κ3) is 4.58. The van der Waals surface area contributed by atoms with E-state index in [0.29, 0.717) is 16.7 Å². The molecule has 4 saturated carbocycles. The van der Waals surface area contributed by atoms with Crippen molar-refractivity contribution in [2.75, 3.05) is 0 Å². The van der Waals surface area contributed by atoms with Gasteiger partial charge in [0, 0.05) is 6.92 Å². The summed E-state index contributed by atoms with van der Waals surface area (Å²) < 4.78 is 5.66. The van der Waals surface area contributed by atoms with E-state index in [9.17, 15) is 4.79 Å². The fourth-order valence-electron chi connectivity index (χ4n) is 9.75. The van der Waals surface area contributed by atoms with Crippen LogP contribution in [0.4, 0.5) is 0 Å². The zero-order valence-corrected chi connectivity index (χ0v) is 22.7. The Balaban J connectivity index is 1.46. The summed E-state index contributed by atoms with van der Waals surface area (Å²) in [6.07, 6.45) is 18.6. The van der Waals surface area contributed by atoms with Crippen LogP contribution in [0, 0.1) is 58.2 Å². The van der Waals surface area contributed by atoms with E-state index >= 15 is 0 Å². The van der Waals surface area contributed by atoms with Gasteiger partial charge in [0.05, 0.1) is 0 Å². The zero-order valence-electron chi connectivity index (χ0n) is 22.7. The van der Waals surface area contributed by atoms with Crippen molar-refractivity contribution in [3.63, 3.8) is 0 Å². The van der Waals surface area contributed by atoms with Crippen LogP contribution in [0.25, 0.3) is 0 Å². The molecule has 0 aliphatic heterocycles. The zero-order chi connectivity index (χ0) is 24.0. The summed E-state index contributed by atoms with van der Waals surface area (Å²) >= 11 is 0. The maximum absolute atomic E-state index is 11.5. The molecule has 0 saturated heterocycles. The highest BCUT2D eigenvalue weighted by atomic mass is 16.5. The lowest BCUT2D eigenvalue weighted by Crippen LogP contribution is -2.54. The molecule has 4 rings (SSSR count). The van der Waals surface area contributed by atoms with Crippen LogP contribution in [0.1, 0.15) is 113 Å². The molecule has 0 aromatic carbocycles. The second-order valence-corrected chi connectivity index (χ2v) is 13.5. The Morgan fingerprint density at radius 3 is 2.30 bits per heavy atom. The molecule has 1 unspecified atom stereocenters. The summed E-state index contributed by atoms with van der Waals surface area (Å²) in [5, 5.41) is 0. The summed E-state index contributed by atoms with van der Waals surface area (Å²) in [5.41, 5.74) is 0.999. The first-order chi connectivity index (χ1) is 15.6. The summed E-state index contributed by atoms with van der Waals surface area (Å²) in [4.78, 5) is 11.5. The molecule has 0 spiro atoms. The van der Waals surface area contributed by atoms with Crippen LogP contribution in [-0.4, -0.2) is 12.1 Å². The van der Waals surface area contributed by atoms with E-state index in [0.717, 1.165) is 54.3 Å². The van der Waals surface area contributed by atoms with Gasteiger partial charge >= 0.3 is 5.97 Å². The van der Waals surface area contributed by atoms with Crippen molar-refractivity contribution in [2.24, 2.45) is 58.2 Å². The minimum absolute atomic E-state index is 0.0930. The average Bonchev–Trinajstić information content (AvgIpc) is 3.11. The second-order valence-electron chi connectivity index (χ2n) is 13.5. The fourth-order valence-corrected chi connectivity index (χ4v) is 9.75. The molecule has 10 atom stereocenters. The number of rotatable bonds is 6. The molecule has 188 valence electrons. The van der Waals surface area contributed by atoms with Crippen molar-refractivity contribution in [3.05, 3.63) is 12.2 Å². The molecule has 0 bridgehead atoms. The largest absolute Gasteiger partial charge is 0.463 e. The Hall–Kier alpha value is -0.790. The summed E-state index contributed by atoms with van der Waals surface area (Å²) in [6, 6.07) is 0. The Morgan fingerprint density at radius 1 is 0.939 bits per heavy atom. The van der Waals surface area contributed by atoms with Crippen molar-refractivity contribution < 1.29 is 9.53 Å². The highest BCUT2D eigenvalue weighted by Gasteiger charge is 2.60. The van der Waals surface area contributed by atoms with Crippen LogP contribution in [0.3, 0.4) is 0 Å². The predicted molar refractivity (Wildman–Crippen MR) is 138 cm³/mol. The van der Waals surface area contributed by atoms with E-state index in [1.165, 1.54) is 51.4 Å². The van der Waals surface area contributed by atoms with Gasteiger partial charge in [-0.05, 0) is 122 Å². The Bertz CT molecular complexity index is 724. The number of carbonyl (C=O) groups is 1. The lowest BCUT2D eigenvalue weighted by molar-refractivity contribution is -0.160. The van der Waals surface area contributed by atoms with Gasteiger partial charge in [-0.3, -0.25) is 4.79 Å². The average molecular weight is 457 g/mol. The molecule has 4 aliphatic carbocycles. The van der Waals surface area contributed by atoms with Crippen LogP contribution in [0.2, 0.25) is 0 Å². The first-order valence-corrected chi connectivity index (χ1v) is 14.5. The maximum atomic E-state index is 11.5. The Morgan fingerprint density at radius 2 is 1.64 bits per heavy atom. The van der Waals surface area contributed by atoms with Gasteiger partial charge in [0.1, 0.15) is 6.10 Å². The summed E-state index contributed by atoms with van der Waals surface area (Å²) in [5.74, 6) is 6.43. The first-order valence-electron chi connectivity index (χ1n) is 14.5. The van der Waals surface area contributed by atoms with E-state index in [1.807, 2.05) is 0 Å². The molecule has 0 aromatic heterocycles. The van der Waals surface area contributed by atoms with Gasteiger partial charge in [-0.1, -0.05) is 53.7 Å². The molecule has 0 aromatic rings. The maximum Gasteiger partial charge on any atom is 0.302 e. The fraction of sp³-hybridized carbons (Fsp3) is 0.903. The van der Waals surface area contributed by atoms with Gasteiger partial charge in [-0.15, -0.1) is 0 Å². The molecule has 33 heavy (non-hydrogen) atoms. The molecule has 0 heterocycles. The predicted octanol–water partition coefficient (Wildman–Crippen LogP) is 8.45. The molecular weight excluding hydrogens is 404 g/mol. The smallest absolute Gasteiger partial charge is 0.302 e. The number of carbonyl (C=O) groups excluding carboxylic acids is 1. The van der Waals surface area contributed by atoms with Gasteiger partial charge < -0.3 is 4.74 Å². The monoisotopic (exact) mass is 456 g/mol. The minimum Gasteiger partial charge on any atom is -0.463 e. The number of esters is 1. The van der Waals surface area contributed by atoms with E-state index < -0.39 is 0 Å². The second kappa shape index (κ2) is 9.69. The standard InChI is InChI=1S/C31H52O2/c1-8-23(20(2)3)10-9-21(4)27-13-14-28-26-12-11-24-19-25(33-22(5)32)15-17-30(24,6)29(26)16-18-31(27,28)7/h9-10,20-21,23-29H,8,11-19H2,1-7H3/b10-9+/t21-,23-,24?,25+,26+,27-,28+,29+,30+,31-/m1/s1. The lowest BCUT2D eigenvalue weighted by Gasteiger charge is -2.61. The Kier molecular flexibility index (Phi) is 7.43. The van der Waals surface area contributed by atoms with Gasteiger partial charge in [0.15, 0.2) is 0 Å². The Labute approximate surface area is 204 Å².